The van der Waals surface area contributed by atoms with Gasteiger partial charge < -0.3 is 14.9 Å². The van der Waals surface area contributed by atoms with E-state index in [1.165, 1.54) is 0 Å². The lowest BCUT2D eigenvalue weighted by atomic mass is 10.1. The van der Waals surface area contributed by atoms with Gasteiger partial charge in [-0.2, -0.15) is 0 Å². The highest BCUT2D eigenvalue weighted by atomic mass is 79.9. The van der Waals surface area contributed by atoms with Crippen molar-refractivity contribution in [2.24, 2.45) is 0 Å². The summed E-state index contributed by atoms with van der Waals surface area (Å²) in [6.45, 7) is 5.22. The lowest BCUT2D eigenvalue weighted by molar-refractivity contribution is 0.0272. The van der Waals surface area contributed by atoms with Crippen LogP contribution in [-0.2, 0) is 0 Å². The Balaban J connectivity index is 2.87. The first-order valence-corrected chi connectivity index (χ1v) is 5.91. The van der Waals surface area contributed by atoms with E-state index in [2.05, 4.69) is 15.9 Å². The van der Waals surface area contributed by atoms with E-state index < -0.39 is 11.7 Å². The van der Waals surface area contributed by atoms with Crippen molar-refractivity contribution in [2.75, 3.05) is 6.61 Å². The van der Waals surface area contributed by atoms with Crippen LogP contribution in [0.25, 0.3) is 0 Å². The van der Waals surface area contributed by atoms with Gasteiger partial charge in [0, 0.05) is 10.0 Å². The molecule has 0 spiro atoms. The minimum atomic E-state index is -0.886. The molecule has 0 saturated heterocycles. The summed E-state index contributed by atoms with van der Waals surface area (Å²) in [5.74, 6) is 0.598. The van der Waals surface area contributed by atoms with E-state index in [4.69, 9.17) is 4.74 Å². The van der Waals surface area contributed by atoms with Gasteiger partial charge in [0.2, 0.25) is 0 Å². The normalized spacial score (nSPS) is 13.6. The third-order valence-electron chi connectivity index (χ3n) is 2.00. The van der Waals surface area contributed by atoms with Crippen LogP contribution in [0, 0.1) is 0 Å². The van der Waals surface area contributed by atoms with Gasteiger partial charge in [0.15, 0.2) is 0 Å². The Bertz CT molecular complexity index is 356. The molecule has 90 valence electrons. The third-order valence-corrected chi connectivity index (χ3v) is 2.50. The van der Waals surface area contributed by atoms with E-state index in [1.807, 2.05) is 12.1 Å². The summed E-state index contributed by atoms with van der Waals surface area (Å²) in [5.41, 5.74) is -0.179. The van der Waals surface area contributed by atoms with E-state index in [1.54, 1.807) is 26.8 Å². The Labute approximate surface area is 104 Å². The number of ether oxygens (including phenoxy) is 1. The van der Waals surface area contributed by atoms with Gasteiger partial charge in [0.05, 0.1) is 11.7 Å². The lowest BCUT2D eigenvalue weighted by Gasteiger charge is -2.20. The van der Waals surface area contributed by atoms with Crippen molar-refractivity contribution in [1.29, 1.82) is 0 Å². The molecule has 1 aromatic rings. The molecule has 4 heteroatoms. The van der Waals surface area contributed by atoms with Crippen molar-refractivity contribution in [3.8, 4) is 5.75 Å². The molecule has 1 rings (SSSR count). The van der Waals surface area contributed by atoms with Gasteiger partial charge in [-0.3, -0.25) is 0 Å². The Morgan fingerprint density at radius 2 is 2.06 bits per heavy atom. The van der Waals surface area contributed by atoms with Crippen molar-refractivity contribution in [3.63, 3.8) is 0 Å². The molecule has 0 saturated carbocycles. The van der Waals surface area contributed by atoms with Crippen LogP contribution >= 0.6 is 15.9 Å². The summed E-state index contributed by atoms with van der Waals surface area (Å²) in [5, 5.41) is 19.2. The number of rotatable bonds is 4. The molecule has 0 aliphatic heterocycles. The van der Waals surface area contributed by atoms with Crippen LogP contribution in [0.4, 0.5) is 0 Å². The molecule has 16 heavy (non-hydrogen) atoms. The zero-order chi connectivity index (χ0) is 12.3. The number of aliphatic hydroxyl groups is 2. The zero-order valence-electron chi connectivity index (χ0n) is 9.70. The van der Waals surface area contributed by atoms with Gasteiger partial charge in [-0.25, -0.2) is 0 Å². The van der Waals surface area contributed by atoms with Crippen LogP contribution < -0.4 is 4.74 Å². The van der Waals surface area contributed by atoms with Crippen LogP contribution in [0.3, 0.4) is 0 Å². The summed E-state index contributed by atoms with van der Waals surface area (Å²) in [4.78, 5) is 0. The highest BCUT2D eigenvalue weighted by molar-refractivity contribution is 9.10. The molecule has 0 aliphatic carbocycles. The number of aliphatic hydroxyl groups excluding tert-OH is 1. The van der Waals surface area contributed by atoms with E-state index in [0.29, 0.717) is 11.3 Å². The molecule has 1 atom stereocenters. The van der Waals surface area contributed by atoms with Crippen LogP contribution in [0.15, 0.2) is 22.7 Å². The second-order valence-electron chi connectivity index (χ2n) is 4.46. The largest absolute Gasteiger partial charge is 0.490 e. The van der Waals surface area contributed by atoms with E-state index in [9.17, 15) is 10.2 Å². The van der Waals surface area contributed by atoms with Crippen molar-refractivity contribution < 1.29 is 14.9 Å². The monoisotopic (exact) mass is 288 g/mol. The van der Waals surface area contributed by atoms with Crippen LogP contribution in [-0.4, -0.2) is 22.4 Å². The fourth-order valence-electron chi connectivity index (χ4n) is 1.23. The van der Waals surface area contributed by atoms with E-state index >= 15 is 0 Å². The maximum atomic E-state index is 9.60. The maximum absolute atomic E-state index is 9.60. The number of benzene rings is 1. The minimum Gasteiger partial charge on any atom is -0.490 e. The second-order valence-corrected chi connectivity index (χ2v) is 5.37. The lowest BCUT2D eigenvalue weighted by Crippen LogP contribution is -2.28. The highest BCUT2D eigenvalue weighted by Gasteiger charge is 2.16. The predicted octanol–water partition coefficient (Wildman–Crippen LogP) is 2.65. The molecule has 0 amide bonds. The first-order valence-electron chi connectivity index (χ1n) is 5.12. The predicted molar refractivity (Wildman–Crippen MR) is 66.6 cm³/mol. The van der Waals surface area contributed by atoms with E-state index in [0.717, 1.165) is 4.47 Å². The van der Waals surface area contributed by atoms with Gasteiger partial charge in [-0.05, 0) is 39.0 Å². The molecule has 2 N–H and O–H groups in total. The second kappa shape index (κ2) is 5.17. The van der Waals surface area contributed by atoms with Crippen LogP contribution in [0.2, 0.25) is 0 Å². The fourth-order valence-corrected chi connectivity index (χ4v) is 1.61. The van der Waals surface area contributed by atoms with Crippen molar-refractivity contribution in [3.05, 3.63) is 28.2 Å². The van der Waals surface area contributed by atoms with Crippen LogP contribution in [0.5, 0.6) is 5.75 Å². The molecule has 3 nitrogen and oxygen atoms in total. The molecule has 0 fully saturated rings. The van der Waals surface area contributed by atoms with Crippen molar-refractivity contribution >= 4 is 15.9 Å². The Kier molecular flexibility index (Phi) is 4.35. The number of hydrogen-bond donors (Lipinski definition) is 2. The van der Waals surface area contributed by atoms with Gasteiger partial charge in [0.25, 0.3) is 0 Å². The van der Waals surface area contributed by atoms with Gasteiger partial charge in [-0.1, -0.05) is 15.9 Å². The first kappa shape index (κ1) is 13.5. The quantitative estimate of drug-likeness (QED) is 0.896. The molecule has 0 bridgehead atoms. The standard InChI is InChI=1S/C12H17BrO3/c1-8(14)10-6-9(13)4-5-11(10)16-7-12(2,3)15/h4-6,8,14-15H,7H2,1-3H3/t8-/m0/s1. The smallest absolute Gasteiger partial charge is 0.125 e. The SMILES string of the molecule is C[C@H](O)c1cc(Br)ccc1OCC(C)(C)O. The fraction of sp³-hybridized carbons (Fsp3) is 0.500. The van der Waals surface area contributed by atoms with Gasteiger partial charge >= 0.3 is 0 Å². The van der Waals surface area contributed by atoms with Gasteiger partial charge in [-0.15, -0.1) is 0 Å². The van der Waals surface area contributed by atoms with E-state index in [-0.39, 0.29) is 6.61 Å². The maximum Gasteiger partial charge on any atom is 0.125 e. The molecule has 0 radical (unpaired) electrons. The first-order chi connectivity index (χ1) is 7.29. The van der Waals surface area contributed by atoms with Gasteiger partial charge in [0.1, 0.15) is 12.4 Å². The number of hydrogen-bond acceptors (Lipinski definition) is 3. The molecule has 0 aliphatic rings. The summed E-state index contributed by atoms with van der Waals surface area (Å²) < 4.78 is 6.38. The minimum absolute atomic E-state index is 0.189. The van der Waals surface area contributed by atoms with Crippen LogP contribution in [0.1, 0.15) is 32.4 Å². The topological polar surface area (TPSA) is 49.7 Å². The summed E-state index contributed by atoms with van der Waals surface area (Å²) >= 11 is 3.34. The molecule has 0 aromatic heterocycles. The van der Waals surface area contributed by atoms with Crippen molar-refractivity contribution in [1.82, 2.24) is 0 Å². The zero-order valence-corrected chi connectivity index (χ0v) is 11.3. The Morgan fingerprint density at radius 3 is 2.56 bits per heavy atom. The molecule has 0 unspecified atom stereocenters. The highest BCUT2D eigenvalue weighted by Crippen LogP contribution is 2.28. The summed E-state index contributed by atoms with van der Waals surface area (Å²) in [7, 11) is 0. The molecule has 1 aromatic carbocycles. The Hall–Kier alpha value is -0.580. The average Bonchev–Trinajstić information content (AvgIpc) is 2.14. The summed E-state index contributed by atoms with van der Waals surface area (Å²) in [6, 6.07) is 5.42. The Morgan fingerprint density at radius 1 is 1.44 bits per heavy atom. The summed E-state index contributed by atoms with van der Waals surface area (Å²) in [6.07, 6.45) is -0.602. The third kappa shape index (κ3) is 4.12. The van der Waals surface area contributed by atoms with Crippen molar-refractivity contribution in [2.45, 2.75) is 32.5 Å². The number of halogens is 1. The average molecular weight is 289 g/mol. The molecule has 0 heterocycles. The molecular weight excluding hydrogens is 272 g/mol. The molecular formula is C12H17BrO3.